The SMILES string of the molecule is Cc1cc2c(-c3nc(-c4ccc(CS(N)(=O)=O)cc4)no3)ccc(C)c2[nH]1. The summed E-state index contributed by atoms with van der Waals surface area (Å²) in [6.07, 6.45) is 0. The molecule has 3 N–H and O–H groups in total. The van der Waals surface area contributed by atoms with Gasteiger partial charge in [-0.25, -0.2) is 13.6 Å². The lowest BCUT2D eigenvalue weighted by molar-refractivity contribution is 0.432. The Hall–Kier alpha value is -2.97. The number of nitrogens with one attached hydrogen (secondary N) is 1. The Labute approximate surface area is 156 Å². The van der Waals surface area contributed by atoms with Gasteiger partial charge in [0.1, 0.15) is 0 Å². The van der Waals surface area contributed by atoms with E-state index in [1.807, 2.05) is 26.0 Å². The average Bonchev–Trinajstić information content (AvgIpc) is 3.22. The Morgan fingerprint density at radius 1 is 1.11 bits per heavy atom. The third-order valence-electron chi connectivity index (χ3n) is 4.37. The van der Waals surface area contributed by atoms with Gasteiger partial charge in [-0.1, -0.05) is 35.5 Å². The van der Waals surface area contributed by atoms with Gasteiger partial charge in [-0.2, -0.15) is 4.98 Å². The van der Waals surface area contributed by atoms with Crippen LogP contribution in [0.25, 0.3) is 33.7 Å². The van der Waals surface area contributed by atoms with Crippen LogP contribution in [0.5, 0.6) is 0 Å². The summed E-state index contributed by atoms with van der Waals surface area (Å²) < 4.78 is 27.9. The van der Waals surface area contributed by atoms with Crippen LogP contribution < -0.4 is 5.14 Å². The average molecular weight is 382 g/mol. The molecule has 2 aromatic carbocycles. The van der Waals surface area contributed by atoms with Crippen molar-refractivity contribution in [2.24, 2.45) is 5.14 Å². The van der Waals surface area contributed by atoms with Crippen molar-refractivity contribution < 1.29 is 12.9 Å². The smallest absolute Gasteiger partial charge is 0.258 e. The van der Waals surface area contributed by atoms with Crippen LogP contribution in [-0.2, 0) is 15.8 Å². The summed E-state index contributed by atoms with van der Waals surface area (Å²) in [7, 11) is -3.56. The molecule has 0 bridgehead atoms. The van der Waals surface area contributed by atoms with Crippen LogP contribution in [0.2, 0.25) is 0 Å². The molecule has 7 nitrogen and oxygen atoms in total. The van der Waals surface area contributed by atoms with Gasteiger partial charge in [-0.05, 0) is 37.1 Å². The number of nitrogens with zero attached hydrogens (tertiary/aromatic N) is 2. The molecule has 4 rings (SSSR count). The van der Waals surface area contributed by atoms with Crippen LogP contribution >= 0.6 is 0 Å². The van der Waals surface area contributed by atoms with Gasteiger partial charge in [0.25, 0.3) is 5.89 Å². The van der Waals surface area contributed by atoms with Crippen molar-refractivity contribution in [2.75, 3.05) is 0 Å². The van der Waals surface area contributed by atoms with Gasteiger partial charge in [0.05, 0.1) is 5.75 Å². The third-order valence-corrected chi connectivity index (χ3v) is 5.11. The van der Waals surface area contributed by atoms with Gasteiger partial charge < -0.3 is 9.51 Å². The maximum absolute atomic E-state index is 11.2. The number of fused-ring (bicyclic) bond motifs is 1. The van der Waals surface area contributed by atoms with Crippen molar-refractivity contribution in [3.05, 3.63) is 59.3 Å². The number of primary sulfonamides is 1. The summed E-state index contributed by atoms with van der Waals surface area (Å²) in [5.74, 6) is 0.662. The zero-order valence-electron chi connectivity index (χ0n) is 14.9. The molecule has 0 aliphatic heterocycles. The molecule has 0 saturated heterocycles. The lowest BCUT2D eigenvalue weighted by Crippen LogP contribution is -2.14. The molecule has 0 spiro atoms. The van der Waals surface area contributed by atoms with E-state index in [1.165, 1.54) is 0 Å². The first-order chi connectivity index (χ1) is 12.8. The van der Waals surface area contributed by atoms with E-state index in [4.69, 9.17) is 9.66 Å². The summed E-state index contributed by atoms with van der Waals surface area (Å²) in [6, 6.07) is 12.9. The zero-order chi connectivity index (χ0) is 19.2. The largest absolute Gasteiger partial charge is 0.358 e. The highest BCUT2D eigenvalue weighted by molar-refractivity contribution is 7.88. The molecule has 0 amide bonds. The van der Waals surface area contributed by atoms with E-state index < -0.39 is 10.0 Å². The Morgan fingerprint density at radius 2 is 1.85 bits per heavy atom. The maximum atomic E-state index is 11.2. The van der Waals surface area contributed by atoms with E-state index in [-0.39, 0.29) is 5.75 Å². The predicted molar refractivity (Wildman–Crippen MR) is 103 cm³/mol. The molecule has 27 heavy (non-hydrogen) atoms. The number of hydrogen-bond acceptors (Lipinski definition) is 5. The number of rotatable bonds is 4. The molecular formula is C19H18N4O3S. The van der Waals surface area contributed by atoms with E-state index in [0.29, 0.717) is 17.3 Å². The molecule has 0 radical (unpaired) electrons. The molecule has 4 aromatic rings. The number of aromatic amines is 1. The lowest BCUT2D eigenvalue weighted by atomic mass is 10.1. The topological polar surface area (TPSA) is 115 Å². The van der Waals surface area contributed by atoms with Crippen molar-refractivity contribution in [1.82, 2.24) is 15.1 Å². The Balaban J connectivity index is 1.69. The van der Waals surface area contributed by atoms with Gasteiger partial charge in [-0.15, -0.1) is 0 Å². The van der Waals surface area contributed by atoms with E-state index in [0.717, 1.165) is 33.3 Å². The van der Waals surface area contributed by atoms with Gasteiger partial charge in [0.15, 0.2) is 0 Å². The maximum Gasteiger partial charge on any atom is 0.258 e. The molecule has 8 heteroatoms. The van der Waals surface area contributed by atoms with Crippen LogP contribution in [0, 0.1) is 13.8 Å². The molecule has 0 unspecified atom stereocenters. The minimum atomic E-state index is -3.56. The summed E-state index contributed by atoms with van der Waals surface area (Å²) in [5.41, 5.74) is 5.46. The van der Waals surface area contributed by atoms with E-state index in [9.17, 15) is 8.42 Å². The Kier molecular flexibility index (Phi) is 4.09. The second-order valence-corrected chi connectivity index (χ2v) is 8.21. The number of hydrogen-bond donors (Lipinski definition) is 2. The second kappa shape index (κ2) is 6.33. The van der Waals surface area contributed by atoms with Crippen LogP contribution in [0.15, 0.2) is 47.0 Å². The summed E-state index contributed by atoms with van der Waals surface area (Å²) in [4.78, 5) is 7.86. The molecule has 2 aromatic heterocycles. The van der Waals surface area contributed by atoms with Crippen molar-refractivity contribution in [2.45, 2.75) is 19.6 Å². The molecule has 0 atom stereocenters. The summed E-state index contributed by atoms with van der Waals surface area (Å²) in [6.45, 7) is 4.05. The molecule has 0 aliphatic rings. The highest BCUT2D eigenvalue weighted by atomic mass is 32.2. The zero-order valence-corrected chi connectivity index (χ0v) is 15.7. The number of nitrogens with two attached hydrogens (primary N) is 1. The third kappa shape index (κ3) is 3.49. The fourth-order valence-electron chi connectivity index (χ4n) is 3.11. The number of H-pyrrole nitrogens is 1. The van der Waals surface area contributed by atoms with Gasteiger partial charge in [0.2, 0.25) is 15.8 Å². The molecule has 0 saturated carbocycles. The first kappa shape index (κ1) is 17.4. The number of benzene rings is 2. The fraction of sp³-hybridized carbons (Fsp3) is 0.158. The van der Waals surface area contributed by atoms with Crippen molar-refractivity contribution in [1.29, 1.82) is 0 Å². The second-order valence-electron chi connectivity index (χ2n) is 6.60. The molecule has 0 fully saturated rings. The predicted octanol–water partition coefficient (Wildman–Crippen LogP) is 3.29. The van der Waals surface area contributed by atoms with Crippen LogP contribution in [0.1, 0.15) is 16.8 Å². The highest BCUT2D eigenvalue weighted by Crippen LogP contribution is 2.31. The molecule has 0 aliphatic carbocycles. The Bertz CT molecular complexity index is 1240. The van der Waals surface area contributed by atoms with Gasteiger partial charge in [0, 0.05) is 27.7 Å². The van der Waals surface area contributed by atoms with Gasteiger partial charge >= 0.3 is 0 Å². The Morgan fingerprint density at radius 3 is 2.56 bits per heavy atom. The molecular weight excluding hydrogens is 364 g/mol. The minimum absolute atomic E-state index is 0.209. The number of sulfonamides is 1. The van der Waals surface area contributed by atoms with Gasteiger partial charge in [-0.3, -0.25) is 0 Å². The van der Waals surface area contributed by atoms with Crippen LogP contribution in [0.3, 0.4) is 0 Å². The van der Waals surface area contributed by atoms with E-state index in [1.54, 1.807) is 24.3 Å². The number of aromatic nitrogens is 3. The quantitative estimate of drug-likeness (QED) is 0.562. The lowest BCUT2D eigenvalue weighted by Gasteiger charge is -2.01. The molecule has 138 valence electrons. The monoisotopic (exact) mass is 382 g/mol. The van der Waals surface area contributed by atoms with Crippen LogP contribution in [-0.4, -0.2) is 23.5 Å². The highest BCUT2D eigenvalue weighted by Gasteiger charge is 2.15. The molecule has 2 heterocycles. The van der Waals surface area contributed by atoms with Crippen LogP contribution in [0.4, 0.5) is 0 Å². The van der Waals surface area contributed by atoms with Crippen molar-refractivity contribution >= 4 is 20.9 Å². The number of aryl methyl sites for hydroxylation is 2. The minimum Gasteiger partial charge on any atom is -0.358 e. The van der Waals surface area contributed by atoms with Crippen molar-refractivity contribution in [3.63, 3.8) is 0 Å². The summed E-state index contributed by atoms with van der Waals surface area (Å²) >= 11 is 0. The normalized spacial score (nSPS) is 12.0. The van der Waals surface area contributed by atoms with E-state index in [2.05, 4.69) is 21.2 Å². The summed E-state index contributed by atoms with van der Waals surface area (Å²) in [5, 5.41) is 10.2. The standard InChI is InChI=1S/C19H18N4O3S/c1-11-3-8-15(16-9-12(2)21-17(11)16)19-22-18(23-26-19)14-6-4-13(5-7-14)10-27(20,24)25/h3-9,21H,10H2,1-2H3,(H2,20,24,25). The van der Waals surface area contributed by atoms with Crippen molar-refractivity contribution in [3.8, 4) is 22.8 Å². The fourth-order valence-corrected chi connectivity index (χ4v) is 3.77. The van der Waals surface area contributed by atoms with E-state index >= 15 is 0 Å². The first-order valence-corrected chi connectivity index (χ1v) is 10.0. The first-order valence-electron chi connectivity index (χ1n) is 8.33.